The van der Waals surface area contributed by atoms with Gasteiger partial charge < -0.3 is 4.74 Å². The molecule has 0 aliphatic rings. The summed E-state index contributed by atoms with van der Waals surface area (Å²) in [4.78, 5) is 10.3. The summed E-state index contributed by atoms with van der Waals surface area (Å²) < 4.78 is 5.77. The Hall–Kier alpha value is -2.55. The van der Waals surface area contributed by atoms with Gasteiger partial charge in [0.25, 0.3) is 5.69 Å². The molecule has 0 spiro atoms. The number of halogens is 2. The maximum atomic E-state index is 10.8. The molecule has 0 heterocycles. The number of unbranched alkanes of at least 4 members (excludes halogenated alkanes) is 5. The molecule has 0 saturated heterocycles. The first-order valence-electron chi connectivity index (χ1n) is 9.94. The molecular formula is C23H24Cl2N2O3. The Bertz CT molecular complexity index is 911. The van der Waals surface area contributed by atoms with Crippen LogP contribution in [0.5, 0.6) is 5.75 Å². The summed E-state index contributed by atoms with van der Waals surface area (Å²) >= 11 is 12.7. The van der Waals surface area contributed by atoms with Crippen molar-refractivity contribution in [1.82, 2.24) is 0 Å². The maximum absolute atomic E-state index is 10.8. The smallest absolute Gasteiger partial charge is 0.269 e. The van der Waals surface area contributed by atoms with Crippen molar-refractivity contribution in [2.45, 2.75) is 45.4 Å². The molecular weight excluding hydrogens is 423 g/mol. The van der Waals surface area contributed by atoms with Gasteiger partial charge in [-0.2, -0.15) is 5.26 Å². The molecule has 2 aromatic rings. The first kappa shape index (κ1) is 23.7. The Morgan fingerprint density at radius 2 is 1.70 bits per heavy atom. The molecule has 0 saturated carbocycles. The molecule has 0 N–H and O–H groups in total. The standard InChI is InChI=1S/C23H24Cl2N2O3/c1-2-3-4-5-6-7-12-30-23-21(24)14-17(15-22(23)25)13-19(16-26)18-8-10-20(11-9-18)27(28)29/h8-11,13-15H,2-7,12H2,1H3/b19-13+. The molecule has 0 unspecified atom stereocenters. The van der Waals surface area contributed by atoms with E-state index in [0.717, 1.165) is 12.8 Å². The van der Waals surface area contributed by atoms with Crippen LogP contribution in [0.4, 0.5) is 5.69 Å². The Kier molecular flexibility index (Phi) is 9.66. The highest BCUT2D eigenvalue weighted by Gasteiger charge is 2.11. The molecule has 0 atom stereocenters. The predicted octanol–water partition coefficient (Wildman–Crippen LogP) is 7.71. The average Bonchev–Trinajstić information content (AvgIpc) is 2.73. The highest BCUT2D eigenvalue weighted by atomic mass is 35.5. The van der Waals surface area contributed by atoms with Crippen molar-refractivity contribution in [2.24, 2.45) is 0 Å². The number of nitrogens with zero attached hydrogens (tertiary/aromatic N) is 2. The van der Waals surface area contributed by atoms with Gasteiger partial charge in [0.05, 0.1) is 33.2 Å². The Morgan fingerprint density at radius 1 is 1.10 bits per heavy atom. The van der Waals surface area contributed by atoms with Gasteiger partial charge in [-0.1, -0.05) is 62.2 Å². The lowest BCUT2D eigenvalue weighted by molar-refractivity contribution is -0.384. The molecule has 2 rings (SSSR count). The molecule has 0 aliphatic heterocycles. The van der Waals surface area contributed by atoms with Gasteiger partial charge in [0, 0.05) is 12.1 Å². The van der Waals surface area contributed by atoms with Gasteiger partial charge >= 0.3 is 0 Å². The molecule has 0 bridgehead atoms. The zero-order chi connectivity index (χ0) is 21.9. The third-order valence-corrected chi connectivity index (χ3v) is 5.15. The van der Waals surface area contributed by atoms with Crippen LogP contribution in [0.25, 0.3) is 11.6 Å². The summed E-state index contributed by atoms with van der Waals surface area (Å²) in [6.45, 7) is 2.74. The van der Waals surface area contributed by atoms with E-state index in [-0.39, 0.29) is 5.69 Å². The molecule has 0 amide bonds. The van der Waals surface area contributed by atoms with Crippen molar-refractivity contribution in [3.8, 4) is 11.8 Å². The summed E-state index contributed by atoms with van der Waals surface area (Å²) in [6.07, 6.45) is 8.61. The van der Waals surface area contributed by atoms with E-state index in [4.69, 9.17) is 27.9 Å². The van der Waals surface area contributed by atoms with E-state index in [1.165, 1.54) is 49.9 Å². The molecule has 158 valence electrons. The minimum Gasteiger partial charge on any atom is -0.490 e. The van der Waals surface area contributed by atoms with Gasteiger partial charge in [0.2, 0.25) is 0 Å². The Balaban J connectivity index is 2.07. The Morgan fingerprint density at radius 3 is 2.27 bits per heavy atom. The number of allylic oxidation sites excluding steroid dienone is 1. The second-order valence-electron chi connectivity index (χ2n) is 6.90. The number of nitriles is 1. The topological polar surface area (TPSA) is 76.2 Å². The maximum Gasteiger partial charge on any atom is 0.269 e. The van der Waals surface area contributed by atoms with Crippen LogP contribution in [0.15, 0.2) is 36.4 Å². The summed E-state index contributed by atoms with van der Waals surface area (Å²) in [5, 5.41) is 21.0. The molecule has 7 heteroatoms. The molecule has 30 heavy (non-hydrogen) atoms. The SMILES string of the molecule is CCCCCCCCOc1c(Cl)cc(/C=C(\C#N)c2ccc([N+](=O)[O-])cc2)cc1Cl. The fraction of sp³-hybridized carbons (Fsp3) is 0.348. The molecule has 0 fully saturated rings. The number of rotatable bonds is 11. The van der Waals surface area contributed by atoms with Crippen molar-refractivity contribution in [1.29, 1.82) is 5.26 Å². The fourth-order valence-electron chi connectivity index (χ4n) is 2.97. The van der Waals surface area contributed by atoms with Crippen LogP contribution in [0.3, 0.4) is 0 Å². The van der Waals surface area contributed by atoms with Crippen LogP contribution in [0.2, 0.25) is 10.0 Å². The van der Waals surface area contributed by atoms with Gasteiger partial charge in [0.15, 0.2) is 5.75 Å². The van der Waals surface area contributed by atoms with Crippen molar-refractivity contribution < 1.29 is 9.66 Å². The minimum atomic E-state index is -0.483. The van der Waals surface area contributed by atoms with Crippen molar-refractivity contribution in [2.75, 3.05) is 6.61 Å². The summed E-state index contributed by atoms with van der Waals surface area (Å²) in [5.74, 6) is 0.442. The molecule has 0 aliphatic carbocycles. The van der Waals surface area contributed by atoms with Crippen LogP contribution in [0, 0.1) is 21.4 Å². The number of hydrogen-bond donors (Lipinski definition) is 0. The van der Waals surface area contributed by atoms with Crippen LogP contribution >= 0.6 is 23.2 Å². The largest absolute Gasteiger partial charge is 0.490 e. The summed E-state index contributed by atoms with van der Waals surface area (Å²) in [6, 6.07) is 11.3. The molecule has 2 aromatic carbocycles. The monoisotopic (exact) mass is 446 g/mol. The van der Waals surface area contributed by atoms with Gasteiger partial charge in [-0.15, -0.1) is 0 Å². The number of nitro groups is 1. The first-order chi connectivity index (χ1) is 14.5. The molecule has 0 radical (unpaired) electrons. The van der Waals surface area contributed by atoms with E-state index in [9.17, 15) is 15.4 Å². The van der Waals surface area contributed by atoms with Crippen molar-refractivity contribution >= 4 is 40.5 Å². The minimum absolute atomic E-state index is 0.0333. The number of nitro benzene ring substituents is 1. The number of benzene rings is 2. The lowest BCUT2D eigenvalue weighted by atomic mass is 10.0. The van der Waals surface area contributed by atoms with E-state index in [1.807, 2.05) is 0 Å². The van der Waals surface area contributed by atoms with Crippen LogP contribution in [-0.4, -0.2) is 11.5 Å². The predicted molar refractivity (Wildman–Crippen MR) is 122 cm³/mol. The quantitative estimate of drug-likeness (QED) is 0.116. The van der Waals surface area contributed by atoms with Gasteiger partial charge in [0.1, 0.15) is 0 Å². The highest BCUT2D eigenvalue weighted by Crippen LogP contribution is 2.35. The van der Waals surface area contributed by atoms with Gasteiger partial charge in [-0.25, -0.2) is 0 Å². The lowest BCUT2D eigenvalue weighted by Gasteiger charge is -2.11. The molecule has 0 aromatic heterocycles. The second-order valence-corrected chi connectivity index (χ2v) is 7.72. The zero-order valence-corrected chi connectivity index (χ0v) is 18.4. The van der Waals surface area contributed by atoms with Crippen molar-refractivity contribution in [3.63, 3.8) is 0 Å². The van der Waals surface area contributed by atoms with E-state index in [1.54, 1.807) is 18.2 Å². The lowest BCUT2D eigenvalue weighted by Crippen LogP contribution is -1.99. The van der Waals surface area contributed by atoms with Gasteiger partial charge in [-0.05, 0) is 47.9 Å². The first-order valence-corrected chi connectivity index (χ1v) is 10.7. The average molecular weight is 447 g/mol. The summed E-state index contributed by atoms with van der Waals surface area (Å²) in [7, 11) is 0. The van der Waals surface area contributed by atoms with Gasteiger partial charge in [-0.3, -0.25) is 10.1 Å². The van der Waals surface area contributed by atoms with E-state index in [2.05, 4.69) is 13.0 Å². The van der Waals surface area contributed by atoms with Crippen LogP contribution in [0.1, 0.15) is 56.6 Å². The zero-order valence-electron chi connectivity index (χ0n) is 16.9. The third kappa shape index (κ3) is 7.05. The van der Waals surface area contributed by atoms with Crippen LogP contribution < -0.4 is 4.74 Å². The fourth-order valence-corrected chi connectivity index (χ4v) is 3.58. The third-order valence-electron chi connectivity index (χ3n) is 4.59. The second kappa shape index (κ2) is 12.2. The normalized spacial score (nSPS) is 11.2. The van der Waals surface area contributed by atoms with Crippen molar-refractivity contribution in [3.05, 3.63) is 67.7 Å². The van der Waals surface area contributed by atoms with E-state index >= 15 is 0 Å². The molecule has 5 nitrogen and oxygen atoms in total. The van der Waals surface area contributed by atoms with E-state index < -0.39 is 4.92 Å². The highest BCUT2D eigenvalue weighted by molar-refractivity contribution is 6.37. The van der Waals surface area contributed by atoms with Crippen LogP contribution in [-0.2, 0) is 0 Å². The number of ether oxygens (including phenoxy) is 1. The number of non-ortho nitro benzene ring substituents is 1. The summed E-state index contributed by atoms with van der Waals surface area (Å²) in [5.41, 5.74) is 1.53. The van der Waals surface area contributed by atoms with E-state index in [0.29, 0.717) is 39.1 Å². The Labute approximate surface area is 187 Å². The number of hydrogen-bond acceptors (Lipinski definition) is 4.